The minimum absolute atomic E-state index is 0.000716. The molecule has 2 aromatic rings. The lowest BCUT2D eigenvalue weighted by molar-refractivity contribution is 0.0895. The summed E-state index contributed by atoms with van der Waals surface area (Å²) in [6.07, 6.45) is 1.29. The standard InChI is InChI=1S/C18H24N2O2/c1-12(2)10-17-13(3)19-20(14(17)4)18(21)11-15-6-8-16(22-5)9-7-15/h6-9,12H,10-11H2,1-5H3. The zero-order valence-corrected chi connectivity index (χ0v) is 14.0. The number of ether oxygens (including phenoxy) is 1. The van der Waals surface area contributed by atoms with Gasteiger partial charge >= 0.3 is 0 Å². The van der Waals surface area contributed by atoms with E-state index in [9.17, 15) is 4.79 Å². The van der Waals surface area contributed by atoms with E-state index in [0.29, 0.717) is 12.3 Å². The Morgan fingerprint density at radius 3 is 2.41 bits per heavy atom. The first-order valence-electron chi connectivity index (χ1n) is 7.63. The van der Waals surface area contributed by atoms with Crippen LogP contribution in [-0.4, -0.2) is 22.8 Å². The van der Waals surface area contributed by atoms with Gasteiger partial charge in [0.05, 0.1) is 19.2 Å². The van der Waals surface area contributed by atoms with Crippen LogP contribution in [0.4, 0.5) is 0 Å². The molecule has 0 aliphatic heterocycles. The van der Waals surface area contributed by atoms with Crippen molar-refractivity contribution in [3.63, 3.8) is 0 Å². The fourth-order valence-electron chi connectivity index (χ4n) is 2.61. The van der Waals surface area contributed by atoms with Gasteiger partial charge in [0, 0.05) is 5.69 Å². The minimum atomic E-state index is 0.000716. The van der Waals surface area contributed by atoms with Gasteiger partial charge in [-0.1, -0.05) is 26.0 Å². The fraction of sp³-hybridized carbons (Fsp3) is 0.444. The lowest BCUT2D eigenvalue weighted by Crippen LogP contribution is -2.17. The van der Waals surface area contributed by atoms with E-state index in [4.69, 9.17) is 4.74 Å². The van der Waals surface area contributed by atoms with Gasteiger partial charge in [-0.25, -0.2) is 4.68 Å². The highest BCUT2D eigenvalue weighted by Crippen LogP contribution is 2.18. The molecule has 1 aromatic carbocycles. The molecule has 0 fully saturated rings. The van der Waals surface area contributed by atoms with E-state index in [1.165, 1.54) is 5.56 Å². The zero-order chi connectivity index (χ0) is 16.3. The maximum atomic E-state index is 12.5. The molecule has 1 aromatic heterocycles. The van der Waals surface area contributed by atoms with E-state index in [2.05, 4.69) is 18.9 Å². The lowest BCUT2D eigenvalue weighted by atomic mass is 10.0. The summed E-state index contributed by atoms with van der Waals surface area (Å²) in [5.74, 6) is 1.34. The molecule has 0 aliphatic carbocycles. The van der Waals surface area contributed by atoms with Crippen LogP contribution in [0.1, 0.15) is 41.2 Å². The lowest BCUT2D eigenvalue weighted by Gasteiger charge is -2.07. The number of nitrogens with zero attached hydrogens (tertiary/aromatic N) is 2. The SMILES string of the molecule is COc1ccc(CC(=O)n2nc(C)c(CC(C)C)c2C)cc1. The summed E-state index contributed by atoms with van der Waals surface area (Å²) in [5.41, 5.74) is 4.07. The Kier molecular flexibility index (Phi) is 5.01. The Morgan fingerprint density at radius 2 is 1.86 bits per heavy atom. The molecule has 0 unspecified atom stereocenters. The Bertz CT molecular complexity index is 654. The highest BCUT2D eigenvalue weighted by atomic mass is 16.5. The van der Waals surface area contributed by atoms with Crippen LogP contribution in [-0.2, 0) is 12.8 Å². The quantitative estimate of drug-likeness (QED) is 0.847. The van der Waals surface area contributed by atoms with Gasteiger partial charge in [-0.2, -0.15) is 5.10 Å². The van der Waals surface area contributed by atoms with Gasteiger partial charge < -0.3 is 4.74 Å². The molecule has 0 saturated heterocycles. The zero-order valence-electron chi connectivity index (χ0n) is 14.0. The molecule has 0 atom stereocenters. The molecule has 0 bridgehead atoms. The Hall–Kier alpha value is -2.10. The van der Waals surface area contributed by atoms with Gasteiger partial charge in [0.25, 0.3) is 5.91 Å². The monoisotopic (exact) mass is 300 g/mol. The summed E-state index contributed by atoms with van der Waals surface area (Å²) in [7, 11) is 1.63. The van der Waals surface area contributed by atoms with Crippen LogP contribution in [0, 0.1) is 19.8 Å². The van der Waals surface area contributed by atoms with Gasteiger partial charge in [-0.15, -0.1) is 0 Å². The Balaban J connectivity index is 2.18. The van der Waals surface area contributed by atoms with Crippen LogP contribution < -0.4 is 4.74 Å². The van der Waals surface area contributed by atoms with Crippen molar-refractivity contribution in [2.75, 3.05) is 7.11 Å². The first kappa shape index (κ1) is 16.3. The number of hydrogen-bond acceptors (Lipinski definition) is 3. The first-order chi connectivity index (χ1) is 10.4. The average molecular weight is 300 g/mol. The van der Waals surface area contributed by atoms with E-state index in [1.807, 2.05) is 38.1 Å². The van der Waals surface area contributed by atoms with Gasteiger partial charge in [-0.05, 0) is 49.4 Å². The molecular formula is C18H24N2O2. The summed E-state index contributed by atoms with van der Waals surface area (Å²) >= 11 is 0. The maximum absolute atomic E-state index is 12.5. The number of carbonyl (C=O) groups is 1. The molecule has 4 heteroatoms. The van der Waals surface area contributed by atoms with Crippen LogP contribution in [0.15, 0.2) is 24.3 Å². The topological polar surface area (TPSA) is 44.1 Å². The normalized spacial score (nSPS) is 11.0. The van der Waals surface area contributed by atoms with Crippen molar-refractivity contribution in [3.05, 3.63) is 46.8 Å². The third-order valence-corrected chi connectivity index (χ3v) is 3.80. The van der Waals surface area contributed by atoms with Crippen molar-refractivity contribution in [2.24, 2.45) is 5.92 Å². The van der Waals surface area contributed by atoms with Crippen molar-refractivity contribution in [2.45, 2.75) is 40.5 Å². The molecule has 0 aliphatic rings. The number of carbonyl (C=O) groups excluding carboxylic acids is 1. The molecule has 2 rings (SSSR count). The molecule has 4 nitrogen and oxygen atoms in total. The maximum Gasteiger partial charge on any atom is 0.251 e. The molecule has 0 saturated carbocycles. The van der Waals surface area contributed by atoms with E-state index >= 15 is 0 Å². The van der Waals surface area contributed by atoms with Gasteiger partial charge in [0.2, 0.25) is 0 Å². The number of aromatic nitrogens is 2. The second-order valence-corrected chi connectivity index (χ2v) is 6.08. The predicted molar refractivity (Wildman–Crippen MR) is 87.6 cm³/mol. The average Bonchev–Trinajstić information content (AvgIpc) is 2.76. The summed E-state index contributed by atoms with van der Waals surface area (Å²) in [6.45, 7) is 8.30. The van der Waals surface area contributed by atoms with E-state index in [-0.39, 0.29) is 5.91 Å². The summed E-state index contributed by atoms with van der Waals surface area (Å²) in [4.78, 5) is 12.5. The fourth-order valence-corrected chi connectivity index (χ4v) is 2.61. The smallest absolute Gasteiger partial charge is 0.251 e. The molecular weight excluding hydrogens is 276 g/mol. The van der Waals surface area contributed by atoms with Crippen molar-refractivity contribution in [1.82, 2.24) is 9.78 Å². The van der Waals surface area contributed by atoms with Crippen LogP contribution in [0.5, 0.6) is 5.75 Å². The minimum Gasteiger partial charge on any atom is -0.497 e. The Labute approximate surface area is 132 Å². The van der Waals surface area contributed by atoms with Crippen LogP contribution in [0.25, 0.3) is 0 Å². The van der Waals surface area contributed by atoms with E-state index < -0.39 is 0 Å². The van der Waals surface area contributed by atoms with Crippen LogP contribution in [0.2, 0.25) is 0 Å². The van der Waals surface area contributed by atoms with Crippen molar-refractivity contribution >= 4 is 5.91 Å². The number of aryl methyl sites for hydroxylation is 1. The molecule has 0 spiro atoms. The van der Waals surface area contributed by atoms with E-state index in [1.54, 1.807) is 11.8 Å². The second-order valence-electron chi connectivity index (χ2n) is 6.08. The summed E-state index contributed by atoms with van der Waals surface area (Å²) < 4.78 is 6.68. The molecule has 0 N–H and O–H groups in total. The Morgan fingerprint density at radius 1 is 1.23 bits per heavy atom. The molecule has 0 radical (unpaired) electrons. The number of rotatable bonds is 5. The predicted octanol–water partition coefficient (Wildman–Crippen LogP) is 3.59. The van der Waals surface area contributed by atoms with Gasteiger partial charge in [0.15, 0.2) is 0 Å². The van der Waals surface area contributed by atoms with Crippen molar-refractivity contribution in [1.29, 1.82) is 0 Å². The van der Waals surface area contributed by atoms with Crippen LogP contribution in [0.3, 0.4) is 0 Å². The summed E-state index contributed by atoms with van der Waals surface area (Å²) in [6, 6.07) is 7.57. The number of hydrogen-bond donors (Lipinski definition) is 0. The number of methoxy groups -OCH3 is 1. The largest absolute Gasteiger partial charge is 0.497 e. The van der Waals surface area contributed by atoms with Crippen molar-refractivity contribution < 1.29 is 9.53 Å². The van der Waals surface area contributed by atoms with E-state index in [0.717, 1.165) is 29.1 Å². The molecule has 118 valence electrons. The third-order valence-electron chi connectivity index (χ3n) is 3.80. The highest BCUT2D eigenvalue weighted by Gasteiger charge is 2.17. The molecule has 22 heavy (non-hydrogen) atoms. The molecule has 1 heterocycles. The molecule has 0 amide bonds. The van der Waals surface area contributed by atoms with Gasteiger partial charge in [0.1, 0.15) is 5.75 Å². The summed E-state index contributed by atoms with van der Waals surface area (Å²) in [5, 5.41) is 4.44. The second kappa shape index (κ2) is 6.77. The highest BCUT2D eigenvalue weighted by molar-refractivity contribution is 5.81. The van der Waals surface area contributed by atoms with Crippen LogP contribution >= 0.6 is 0 Å². The van der Waals surface area contributed by atoms with Crippen molar-refractivity contribution in [3.8, 4) is 5.75 Å². The third kappa shape index (κ3) is 3.56. The van der Waals surface area contributed by atoms with Gasteiger partial charge in [-0.3, -0.25) is 4.79 Å². The first-order valence-corrected chi connectivity index (χ1v) is 7.63. The number of benzene rings is 1.